The van der Waals surface area contributed by atoms with Crippen LogP contribution in [0.25, 0.3) is 39.2 Å². The van der Waals surface area contributed by atoms with Crippen molar-refractivity contribution in [3.63, 3.8) is 0 Å². The molecule has 0 unspecified atom stereocenters. The molecule has 52 heavy (non-hydrogen) atoms. The standard InChI is InChI=1S/C39H38Cl2N6O5/c1-22-31(21-46-15-13-25(20-46)39(50)51)38(49)47-16-14-23(17-33(47)43-22)27-5-3-6-28(35(27)40)29-7-4-8-30(36(29)41)32-11-9-24(37(45-32)52-2)18-42-19-26-10-12-34(48)44-26/h3-9,11,14,16-17,25-26,42H,10,12-13,15,18-21H2,1-2H3,(H,44,48)(H,50,51)/t25-,26-/m0/s1. The average molecular weight is 742 g/mol. The van der Waals surface area contributed by atoms with Crippen LogP contribution in [0.15, 0.2) is 71.7 Å². The van der Waals surface area contributed by atoms with Crippen molar-refractivity contribution in [1.82, 2.24) is 29.9 Å². The Morgan fingerprint density at radius 3 is 2.42 bits per heavy atom. The van der Waals surface area contributed by atoms with E-state index in [2.05, 4.69) is 10.6 Å². The number of nitrogens with zero attached hydrogens (tertiary/aromatic N) is 4. The van der Waals surface area contributed by atoms with Crippen molar-refractivity contribution in [2.75, 3.05) is 26.7 Å². The van der Waals surface area contributed by atoms with E-state index in [1.807, 2.05) is 72.5 Å². The molecule has 268 valence electrons. The van der Waals surface area contributed by atoms with Crippen LogP contribution in [-0.2, 0) is 22.7 Å². The Bertz CT molecular complexity index is 2260. The Morgan fingerprint density at radius 2 is 1.73 bits per heavy atom. The fourth-order valence-corrected chi connectivity index (χ4v) is 7.74. The normalized spacial score (nSPS) is 17.5. The highest BCUT2D eigenvalue weighted by Gasteiger charge is 2.29. The first-order valence-electron chi connectivity index (χ1n) is 17.2. The second-order valence-corrected chi connectivity index (χ2v) is 14.1. The van der Waals surface area contributed by atoms with Gasteiger partial charge in [-0.05, 0) is 50.1 Å². The molecule has 3 aromatic heterocycles. The second kappa shape index (κ2) is 15.0. The quantitative estimate of drug-likeness (QED) is 0.149. The molecule has 0 radical (unpaired) electrons. The number of aliphatic carboxylic acids is 1. The first-order valence-corrected chi connectivity index (χ1v) is 18.0. The van der Waals surface area contributed by atoms with Crippen LogP contribution in [0.5, 0.6) is 5.88 Å². The van der Waals surface area contributed by atoms with Crippen LogP contribution in [0.4, 0.5) is 0 Å². The molecule has 2 fully saturated rings. The van der Waals surface area contributed by atoms with Gasteiger partial charge < -0.3 is 20.5 Å². The molecule has 2 atom stereocenters. The van der Waals surface area contributed by atoms with Crippen molar-refractivity contribution in [1.29, 1.82) is 0 Å². The molecule has 2 saturated heterocycles. The predicted molar refractivity (Wildman–Crippen MR) is 201 cm³/mol. The molecule has 0 saturated carbocycles. The maximum atomic E-state index is 13.6. The van der Waals surface area contributed by atoms with E-state index >= 15 is 0 Å². The van der Waals surface area contributed by atoms with Crippen molar-refractivity contribution >= 4 is 40.7 Å². The van der Waals surface area contributed by atoms with Gasteiger partial charge in [-0.2, -0.15) is 0 Å². The smallest absolute Gasteiger partial charge is 0.307 e. The van der Waals surface area contributed by atoms with E-state index in [9.17, 15) is 19.5 Å². The number of carbonyl (C=O) groups is 2. The Labute approximate surface area is 310 Å². The molecule has 2 aliphatic rings. The number of aryl methyl sites for hydroxylation is 1. The minimum absolute atomic E-state index is 0.0881. The van der Waals surface area contributed by atoms with Gasteiger partial charge in [0.1, 0.15) is 5.65 Å². The maximum absolute atomic E-state index is 13.6. The first-order chi connectivity index (χ1) is 25.1. The summed E-state index contributed by atoms with van der Waals surface area (Å²) in [6.07, 6.45) is 3.65. The molecule has 2 aromatic carbocycles. The number of carboxylic acids is 1. The zero-order valence-corrected chi connectivity index (χ0v) is 30.3. The first kappa shape index (κ1) is 35.6. The van der Waals surface area contributed by atoms with Gasteiger partial charge >= 0.3 is 5.97 Å². The highest BCUT2D eigenvalue weighted by molar-refractivity contribution is 6.39. The van der Waals surface area contributed by atoms with Gasteiger partial charge in [0, 0.05) is 78.3 Å². The number of nitrogens with one attached hydrogen (secondary N) is 2. The SMILES string of the molecule is COc1nc(-c2cccc(-c3cccc(-c4ccn5c(=O)c(CN6CC[C@H](C(=O)O)C6)c(C)nc5c4)c3Cl)c2Cl)ccc1CNC[C@@H]1CCC(=O)N1. The Kier molecular flexibility index (Phi) is 10.3. The number of aromatic nitrogens is 3. The fourth-order valence-electron chi connectivity index (χ4n) is 7.08. The van der Waals surface area contributed by atoms with Crippen LogP contribution < -0.4 is 20.9 Å². The molecule has 0 spiro atoms. The number of hydrogen-bond acceptors (Lipinski definition) is 8. The number of likely N-dealkylation sites (tertiary alicyclic amines) is 1. The number of methoxy groups -OCH3 is 1. The van der Waals surface area contributed by atoms with E-state index in [4.69, 9.17) is 37.9 Å². The summed E-state index contributed by atoms with van der Waals surface area (Å²) in [7, 11) is 1.58. The summed E-state index contributed by atoms with van der Waals surface area (Å²) in [5.41, 5.74) is 6.74. The Hall–Kier alpha value is -4.81. The van der Waals surface area contributed by atoms with Gasteiger partial charge in [-0.3, -0.25) is 23.7 Å². The molecule has 5 aromatic rings. The maximum Gasteiger partial charge on any atom is 0.307 e. The molecule has 1 amide bonds. The largest absolute Gasteiger partial charge is 0.481 e. The number of hydrogen-bond donors (Lipinski definition) is 3. The van der Waals surface area contributed by atoms with Crippen LogP contribution in [0.3, 0.4) is 0 Å². The minimum Gasteiger partial charge on any atom is -0.481 e. The third-order valence-electron chi connectivity index (χ3n) is 9.93. The summed E-state index contributed by atoms with van der Waals surface area (Å²) in [4.78, 5) is 48.1. The fraction of sp³-hybridized carbons (Fsp3) is 0.308. The van der Waals surface area contributed by atoms with Gasteiger partial charge in [0.25, 0.3) is 5.56 Å². The predicted octanol–water partition coefficient (Wildman–Crippen LogP) is 5.99. The van der Waals surface area contributed by atoms with Gasteiger partial charge in [-0.15, -0.1) is 0 Å². The number of ether oxygens (including phenoxy) is 1. The summed E-state index contributed by atoms with van der Waals surface area (Å²) in [6, 6.07) is 19.2. The van der Waals surface area contributed by atoms with Crippen molar-refractivity contribution in [2.24, 2.45) is 5.92 Å². The number of carbonyl (C=O) groups excluding carboxylic acids is 1. The molecule has 0 aliphatic carbocycles. The lowest BCUT2D eigenvalue weighted by Gasteiger charge is -2.17. The zero-order valence-electron chi connectivity index (χ0n) is 28.8. The number of carboxylic acid groups (broad SMARTS) is 1. The van der Waals surface area contributed by atoms with E-state index in [1.165, 1.54) is 4.40 Å². The zero-order chi connectivity index (χ0) is 36.5. The van der Waals surface area contributed by atoms with Gasteiger partial charge in [-0.1, -0.05) is 65.7 Å². The molecular formula is C39H38Cl2N6O5. The Balaban J connectivity index is 1.14. The second-order valence-electron chi connectivity index (χ2n) is 13.3. The summed E-state index contributed by atoms with van der Waals surface area (Å²) >= 11 is 14.2. The third kappa shape index (κ3) is 7.14. The summed E-state index contributed by atoms with van der Waals surface area (Å²) in [5, 5.41) is 16.7. The van der Waals surface area contributed by atoms with Crippen LogP contribution >= 0.6 is 23.2 Å². The molecule has 11 nitrogen and oxygen atoms in total. The summed E-state index contributed by atoms with van der Waals surface area (Å²) in [5.74, 6) is -0.656. The van der Waals surface area contributed by atoms with E-state index < -0.39 is 11.9 Å². The van der Waals surface area contributed by atoms with Crippen LogP contribution in [0.2, 0.25) is 10.0 Å². The summed E-state index contributed by atoms with van der Waals surface area (Å²) < 4.78 is 7.17. The van der Waals surface area contributed by atoms with Gasteiger partial charge in [0.2, 0.25) is 11.8 Å². The summed E-state index contributed by atoms with van der Waals surface area (Å²) in [6.45, 7) is 4.40. The highest BCUT2D eigenvalue weighted by atomic mass is 35.5. The average Bonchev–Trinajstić information content (AvgIpc) is 3.79. The monoisotopic (exact) mass is 740 g/mol. The number of pyridine rings is 2. The van der Waals surface area contributed by atoms with E-state index in [-0.39, 0.29) is 17.5 Å². The van der Waals surface area contributed by atoms with Crippen LogP contribution in [-0.4, -0.2) is 69.0 Å². The third-order valence-corrected chi connectivity index (χ3v) is 10.7. The van der Waals surface area contributed by atoms with E-state index in [1.54, 1.807) is 13.3 Å². The van der Waals surface area contributed by atoms with Gasteiger partial charge in [0.05, 0.1) is 34.3 Å². The Morgan fingerprint density at radius 1 is 1.00 bits per heavy atom. The van der Waals surface area contributed by atoms with Gasteiger partial charge in [0.15, 0.2) is 0 Å². The molecular weight excluding hydrogens is 703 g/mol. The van der Waals surface area contributed by atoms with Crippen LogP contribution in [0, 0.1) is 12.8 Å². The van der Waals surface area contributed by atoms with Crippen molar-refractivity contribution < 1.29 is 19.4 Å². The molecule has 0 bridgehead atoms. The van der Waals surface area contributed by atoms with Gasteiger partial charge in [-0.25, -0.2) is 9.97 Å². The number of amides is 1. The van der Waals surface area contributed by atoms with E-state index in [0.717, 1.165) is 39.8 Å². The van der Waals surface area contributed by atoms with E-state index in [0.29, 0.717) is 84.1 Å². The highest BCUT2D eigenvalue weighted by Crippen LogP contribution is 2.42. The lowest BCUT2D eigenvalue weighted by Crippen LogP contribution is -2.35. The number of benzene rings is 2. The topological polar surface area (TPSA) is 138 Å². The molecule has 13 heteroatoms. The van der Waals surface area contributed by atoms with Crippen molar-refractivity contribution in [3.05, 3.63) is 104 Å². The van der Waals surface area contributed by atoms with Crippen molar-refractivity contribution in [3.8, 4) is 39.4 Å². The molecule has 5 heterocycles. The molecule has 7 rings (SSSR count). The molecule has 3 N–H and O–H groups in total. The minimum atomic E-state index is -0.807. The molecule has 2 aliphatic heterocycles. The number of halogens is 2. The lowest BCUT2D eigenvalue weighted by atomic mass is 9.97. The number of fused-ring (bicyclic) bond motifs is 1. The van der Waals surface area contributed by atoms with Crippen molar-refractivity contribution in [2.45, 2.75) is 45.3 Å². The van der Waals surface area contributed by atoms with Crippen LogP contribution in [0.1, 0.15) is 36.1 Å². The number of rotatable bonds is 11. The lowest BCUT2D eigenvalue weighted by molar-refractivity contribution is -0.141.